The molecule has 0 aromatic carbocycles. The summed E-state index contributed by atoms with van der Waals surface area (Å²) < 4.78 is 1.32. The van der Waals surface area contributed by atoms with Crippen molar-refractivity contribution in [1.82, 2.24) is 29.7 Å². The van der Waals surface area contributed by atoms with Gasteiger partial charge in [0.1, 0.15) is 18.7 Å². The number of nitrogens with two attached hydrogens (primary N) is 2. The second-order valence-electron chi connectivity index (χ2n) is 3.43. The van der Waals surface area contributed by atoms with Crippen LogP contribution < -0.4 is 16.8 Å². The van der Waals surface area contributed by atoms with Crippen LogP contribution in [0.2, 0.25) is 0 Å². The third-order valence-electron chi connectivity index (χ3n) is 2.04. The van der Waals surface area contributed by atoms with E-state index in [0.717, 1.165) is 0 Å². The summed E-state index contributed by atoms with van der Waals surface area (Å²) in [6, 6.07) is -0.629. The van der Waals surface area contributed by atoms with Gasteiger partial charge in [-0.05, 0) is 6.92 Å². The second-order valence-corrected chi connectivity index (χ2v) is 3.43. The highest BCUT2D eigenvalue weighted by molar-refractivity contribution is 5.81. The van der Waals surface area contributed by atoms with Gasteiger partial charge in [0, 0.05) is 0 Å². The number of hydrogen-bond acceptors (Lipinski definition) is 8. The number of nitrogens with one attached hydrogen (secondary N) is 1. The van der Waals surface area contributed by atoms with Crippen molar-refractivity contribution in [1.29, 1.82) is 0 Å². The van der Waals surface area contributed by atoms with Crippen LogP contribution >= 0.6 is 0 Å². The summed E-state index contributed by atoms with van der Waals surface area (Å²) in [6.45, 7) is 1.58. The molecule has 2 aromatic rings. The number of primary amides is 1. The third kappa shape index (κ3) is 2.48. The molecule has 2 rings (SSSR count). The lowest BCUT2D eigenvalue weighted by molar-refractivity contribution is -0.118. The molecule has 94 valence electrons. The van der Waals surface area contributed by atoms with Crippen molar-refractivity contribution in [2.45, 2.75) is 13.0 Å². The largest absolute Gasteiger partial charge is 0.368 e. The molecule has 5 N–H and O–H groups in total. The Hall–Kier alpha value is -2.78. The molecule has 1 unspecified atom stereocenters. The maximum absolute atomic E-state index is 10.9. The van der Waals surface area contributed by atoms with Gasteiger partial charge >= 0.3 is 0 Å². The second kappa shape index (κ2) is 4.61. The fourth-order valence-corrected chi connectivity index (χ4v) is 1.12. The lowest BCUT2D eigenvalue weighted by atomic mass is 10.3. The molecule has 0 bridgehead atoms. The zero-order valence-corrected chi connectivity index (χ0v) is 9.48. The Bertz CT molecular complexity index is 552. The van der Waals surface area contributed by atoms with Gasteiger partial charge in [0.15, 0.2) is 0 Å². The van der Waals surface area contributed by atoms with E-state index in [1.807, 2.05) is 0 Å². The van der Waals surface area contributed by atoms with E-state index in [0.29, 0.717) is 0 Å². The smallest absolute Gasteiger partial charge is 0.258 e. The summed E-state index contributed by atoms with van der Waals surface area (Å²) in [6.07, 6.45) is 2.75. The summed E-state index contributed by atoms with van der Waals surface area (Å²) in [4.78, 5) is 26.5. The first-order valence-electron chi connectivity index (χ1n) is 4.98. The average molecular weight is 249 g/mol. The molecule has 2 aromatic heterocycles. The molecule has 1 amide bonds. The van der Waals surface area contributed by atoms with Gasteiger partial charge in [-0.3, -0.25) is 4.79 Å². The molecular formula is C8H11N9O. The number of amides is 1. The first-order chi connectivity index (χ1) is 8.56. The lowest BCUT2D eigenvalue weighted by Gasteiger charge is -2.10. The van der Waals surface area contributed by atoms with E-state index in [1.54, 1.807) is 6.92 Å². The molecule has 10 heteroatoms. The number of rotatable bonds is 4. The minimum Gasteiger partial charge on any atom is -0.368 e. The fraction of sp³-hybridized carbons (Fsp3) is 0.250. The number of anilines is 2. The van der Waals surface area contributed by atoms with Crippen LogP contribution in [-0.4, -0.2) is 41.7 Å². The average Bonchev–Trinajstić information content (AvgIpc) is 2.81. The van der Waals surface area contributed by atoms with E-state index in [9.17, 15) is 4.79 Å². The van der Waals surface area contributed by atoms with Gasteiger partial charge in [-0.2, -0.15) is 24.7 Å². The summed E-state index contributed by atoms with van der Waals surface area (Å²) in [7, 11) is 0. The molecule has 0 radical (unpaired) electrons. The highest BCUT2D eigenvalue weighted by atomic mass is 16.1. The van der Waals surface area contributed by atoms with Crippen molar-refractivity contribution in [3.05, 3.63) is 12.7 Å². The first-order valence-corrected chi connectivity index (χ1v) is 4.98. The number of hydrogen-bond donors (Lipinski definition) is 3. The molecule has 0 spiro atoms. The van der Waals surface area contributed by atoms with Gasteiger partial charge in [0.05, 0.1) is 0 Å². The van der Waals surface area contributed by atoms with Gasteiger partial charge in [0.25, 0.3) is 5.95 Å². The summed E-state index contributed by atoms with van der Waals surface area (Å²) in [5.74, 6) is -0.204. The highest BCUT2D eigenvalue weighted by Crippen LogP contribution is 2.06. The van der Waals surface area contributed by atoms with Crippen LogP contribution in [0.4, 0.5) is 11.9 Å². The Morgan fingerprint density at radius 2 is 2.22 bits per heavy atom. The van der Waals surface area contributed by atoms with Gasteiger partial charge < -0.3 is 16.8 Å². The molecule has 0 fully saturated rings. The first kappa shape index (κ1) is 11.7. The Morgan fingerprint density at radius 1 is 1.44 bits per heavy atom. The topological polar surface area (TPSA) is 151 Å². The Morgan fingerprint density at radius 3 is 2.83 bits per heavy atom. The van der Waals surface area contributed by atoms with E-state index in [-0.39, 0.29) is 17.8 Å². The Balaban J connectivity index is 2.30. The zero-order valence-electron chi connectivity index (χ0n) is 9.48. The quantitative estimate of drug-likeness (QED) is 0.581. The maximum atomic E-state index is 10.9. The Kier molecular flexibility index (Phi) is 3.00. The van der Waals surface area contributed by atoms with Crippen molar-refractivity contribution in [3.8, 4) is 5.95 Å². The van der Waals surface area contributed by atoms with Crippen LogP contribution in [0.3, 0.4) is 0 Å². The van der Waals surface area contributed by atoms with Crippen LogP contribution in [0.1, 0.15) is 6.92 Å². The molecule has 0 saturated carbocycles. The van der Waals surface area contributed by atoms with Crippen LogP contribution in [0.15, 0.2) is 12.7 Å². The van der Waals surface area contributed by atoms with Crippen molar-refractivity contribution < 1.29 is 4.79 Å². The van der Waals surface area contributed by atoms with Crippen molar-refractivity contribution in [2.75, 3.05) is 11.1 Å². The number of nitrogens with zero attached hydrogens (tertiary/aromatic N) is 6. The van der Waals surface area contributed by atoms with Gasteiger partial charge in [-0.1, -0.05) is 0 Å². The van der Waals surface area contributed by atoms with Crippen molar-refractivity contribution >= 4 is 17.8 Å². The molecule has 1 atom stereocenters. The number of aromatic nitrogens is 6. The van der Waals surface area contributed by atoms with E-state index in [2.05, 4.69) is 30.4 Å². The minimum absolute atomic E-state index is 0.00493. The fourth-order valence-electron chi connectivity index (χ4n) is 1.12. The SMILES string of the molecule is CC(Nc1nc(N)nc(-n2cncn2)n1)C(N)=O. The highest BCUT2D eigenvalue weighted by Gasteiger charge is 2.12. The van der Waals surface area contributed by atoms with E-state index in [1.165, 1.54) is 17.3 Å². The van der Waals surface area contributed by atoms with Crippen LogP contribution in [-0.2, 0) is 4.79 Å². The minimum atomic E-state index is -0.629. The molecule has 0 aliphatic carbocycles. The standard InChI is InChI=1S/C8H11N9O/c1-4(5(9)18)13-7-14-6(10)15-8(16-7)17-3-11-2-12-17/h2-4H,1H3,(H2,9,18)(H3,10,13,14,15,16). The predicted molar refractivity (Wildman–Crippen MR) is 61.4 cm³/mol. The van der Waals surface area contributed by atoms with Gasteiger partial charge in [-0.25, -0.2) is 4.98 Å². The molecule has 0 aliphatic heterocycles. The third-order valence-corrected chi connectivity index (χ3v) is 2.04. The van der Waals surface area contributed by atoms with E-state index >= 15 is 0 Å². The van der Waals surface area contributed by atoms with Crippen molar-refractivity contribution in [3.63, 3.8) is 0 Å². The predicted octanol–water partition coefficient (Wildman–Crippen LogP) is -1.68. The maximum Gasteiger partial charge on any atom is 0.258 e. The normalized spacial score (nSPS) is 12.1. The molecule has 0 saturated heterocycles. The molecule has 2 heterocycles. The Labute approximate surface area is 101 Å². The monoisotopic (exact) mass is 249 g/mol. The summed E-state index contributed by atoms with van der Waals surface area (Å²) in [5, 5.41) is 6.57. The van der Waals surface area contributed by atoms with Crippen LogP contribution in [0, 0.1) is 0 Å². The van der Waals surface area contributed by atoms with Crippen LogP contribution in [0.25, 0.3) is 5.95 Å². The zero-order chi connectivity index (χ0) is 13.1. The van der Waals surface area contributed by atoms with Gasteiger partial charge in [-0.15, -0.1) is 0 Å². The molecular weight excluding hydrogens is 238 g/mol. The van der Waals surface area contributed by atoms with Crippen molar-refractivity contribution in [2.24, 2.45) is 5.73 Å². The lowest BCUT2D eigenvalue weighted by Crippen LogP contribution is -2.33. The summed E-state index contributed by atoms with van der Waals surface area (Å²) in [5.41, 5.74) is 10.7. The molecule has 18 heavy (non-hydrogen) atoms. The molecule has 0 aliphatic rings. The van der Waals surface area contributed by atoms with E-state index in [4.69, 9.17) is 11.5 Å². The van der Waals surface area contributed by atoms with Crippen LogP contribution in [0.5, 0.6) is 0 Å². The summed E-state index contributed by atoms with van der Waals surface area (Å²) >= 11 is 0. The molecule has 10 nitrogen and oxygen atoms in total. The number of carbonyl (C=O) groups excluding carboxylic acids is 1. The number of nitrogen functional groups attached to an aromatic ring is 1. The number of carbonyl (C=O) groups is 1. The van der Waals surface area contributed by atoms with E-state index < -0.39 is 11.9 Å². The van der Waals surface area contributed by atoms with Gasteiger partial charge in [0.2, 0.25) is 17.8 Å².